The number of nitrogens with one attached hydrogen (secondary N) is 2. The zero-order chi connectivity index (χ0) is 19.2. The number of benzene rings is 2. The fourth-order valence-corrected chi connectivity index (χ4v) is 3.19. The summed E-state index contributed by atoms with van der Waals surface area (Å²) in [4.78, 5) is 16.5. The van der Waals surface area contributed by atoms with Gasteiger partial charge >= 0.3 is 6.03 Å². The Hall–Kier alpha value is -3.15. The summed E-state index contributed by atoms with van der Waals surface area (Å²) in [7, 11) is 0. The van der Waals surface area contributed by atoms with Gasteiger partial charge in [-0.25, -0.2) is 4.79 Å². The van der Waals surface area contributed by atoms with Crippen molar-refractivity contribution in [2.75, 3.05) is 11.9 Å². The Morgan fingerprint density at radius 1 is 1.07 bits per heavy atom. The molecule has 1 saturated carbocycles. The molecule has 144 valence electrons. The van der Waals surface area contributed by atoms with Gasteiger partial charge in [0, 0.05) is 23.7 Å². The third-order valence-corrected chi connectivity index (χ3v) is 5.07. The van der Waals surface area contributed by atoms with E-state index in [-0.39, 0.29) is 6.03 Å². The molecule has 0 radical (unpaired) electrons. The van der Waals surface area contributed by atoms with Crippen molar-refractivity contribution in [1.82, 2.24) is 15.5 Å². The summed E-state index contributed by atoms with van der Waals surface area (Å²) >= 11 is 0. The average Bonchev–Trinajstić information content (AvgIpc) is 3.15. The fraction of sp³-hybridized carbons (Fsp3) is 0.318. The van der Waals surface area contributed by atoms with E-state index in [2.05, 4.69) is 32.9 Å². The maximum absolute atomic E-state index is 12.0. The molecule has 6 nitrogen and oxygen atoms in total. The van der Waals surface area contributed by atoms with Crippen molar-refractivity contribution in [3.8, 4) is 11.4 Å². The molecule has 28 heavy (non-hydrogen) atoms. The first-order valence-corrected chi connectivity index (χ1v) is 9.81. The molecule has 4 rings (SSSR count). The Balaban J connectivity index is 1.23. The molecule has 0 unspecified atom stereocenters. The van der Waals surface area contributed by atoms with E-state index in [1.807, 2.05) is 42.5 Å². The second kappa shape index (κ2) is 8.69. The van der Waals surface area contributed by atoms with Crippen LogP contribution in [0.2, 0.25) is 0 Å². The maximum atomic E-state index is 12.0. The molecule has 1 heterocycles. The lowest BCUT2D eigenvalue weighted by Gasteiger charge is -2.20. The van der Waals surface area contributed by atoms with Crippen LogP contribution in [0.15, 0.2) is 59.1 Å². The number of aromatic nitrogens is 2. The molecule has 0 spiro atoms. The van der Waals surface area contributed by atoms with Crippen molar-refractivity contribution in [3.05, 3.63) is 66.1 Å². The summed E-state index contributed by atoms with van der Waals surface area (Å²) in [6, 6.07) is 17.5. The van der Waals surface area contributed by atoms with Gasteiger partial charge in [0.2, 0.25) is 11.7 Å². The Labute approximate surface area is 164 Å². The van der Waals surface area contributed by atoms with E-state index in [1.54, 1.807) is 0 Å². The van der Waals surface area contributed by atoms with Crippen LogP contribution in [0.25, 0.3) is 11.4 Å². The zero-order valence-corrected chi connectivity index (χ0v) is 15.7. The molecule has 2 aromatic carbocycles. The summed E-state index contributed by atoms with van der Waals surface area (Å²) in [5.74, 6) is 1.75. The number of nitrogens with zero attached hydrogens (tertiary/aromatic N) is 2. The van der Waals surface area contributed by atoms with E-state index < -0.39 is 0 Å². The van der Waals surface area contributed by atoms with Crippen LogP contribution in [0.3, 0.4) is 0 Å². The second-order valence-electron chi connectivity index (χ2n) is 7.13. The number of hydrogen-bond acceptors (Lipinski definition) is 4. The van der Waals surface area contributed by atoms with Gasteiger partial charge in [-0.1, -0.05) is 41.9 Å². The number of urea groups is 1. The normalized spacial score (nSPS) is 13.7. The van der Waals surface area contributed by atoms with Crippen LogP contribution >= 0.6 is 0 Å². The van der Waals surface area contributed by atoms with E-state index in [4.69, 9.17) is 4.52 Å². The number of carbonyl (C=O) groups excluding carboxylic acids is 1. The Bertz CT molecular complexity index is 902. The molecule has 1 aromatic heterocycles. The summed E-state index contributed by atoms with van der Waals surface area (Å²) in [6.45, 7) is 0.631. The lowest BCUT2D eigenvalue weighted by molar-refractivity contribution is 0.252. The number of hydrogen-bond donors (Lipinski definition) is 2. The molecule has 0 aliphatic heterocycles. The van der Waals surface area contributed by atoms with Crippen molar-refractivity contribution in [2.45, 2.75) is 38.0 Å². The van der Waals surface area contributed by atoms with Crippen molar-refractivity contribution in [2.24, 2.45) is 0 Å². The highest BCUT2D eigenvalue weighted by Crippen LogP contribution is 2.36. The van der Waals surface area contributed by atoms with Crippen molar-refractivity contribution >= 4 is 11.7 Å². The summed E-state index contributed by atoms with van der Waals surface area (Å²) in [6.07, 6.45) is 5.34. The minimum atomic E-state index is -0.201. The van der Waals surface area contributed by atoms with Crippen LogP contribution in [-0.2, 0) is 6.42 Å². The minimum absolute atomic E-state index is 0.201. The lowest BCUT2D eigenvalue weighted by atomic mass is 9.85. The van der Waals surface area contributed by atoms with E-state index in [1.165, 1.54) is 12.0 Å². The molecule has 2 N–H and O–H groups in total. The molecule has 0 bridgehead atoms. The molecule has 6 heteroatoms. The van der Waals surface area contributed by atoms with Crippen LogP contribution in [-0.4, -0.2) is 22.7 Å². The molecule has 3 aromatic rings. The first-order chi connectivity index (χ1) is 13.8. The van der Waals surface area contributed by atoms with Gasteiger partial charge in [0.25, 0.3) is 0 Å². The molecule has 0 saturated heterocycles. The van der Waals surface area contributed by atoms with Gasteiger partial charge in [0.1, 0.15) is 0 Å². The fourth-order valence-electron chi connectivity index (χ4n) is 3.19. The van der Waals surface area contributed by atoms with Gasteiger partial charge in [-0.2, -0.15) is 4.98 Å². The van der Waals surface area contributed by atoms with Crippen LogP contribution < -0.4 is 10.6 Å². The van der Waals surface area contributed by atoms with Gasteiger partial charge < -0.3 is 15.2 Å². The number of rotatable bonds is 7. The standard InChI is InChI=1S/C22H24N4O2/c27-22(23-15-5-8-16-6-2-1-3-7-16)24-19-13-11-17(12-14-19)20-25-21(28-26-20)18-9-4-10-18/h1-3,6-7,11-14,18H,4-5,8-10,15H2,(H2,23,24,27). The van der Waals surface area contributed by atoms with Gasteiger partial charge in [0.05, 0.1) is 0 Å². The van der Waals surface area contributed by atoms with Crippen molar-refractivity contribution < 1.29 is 9.32 Å². The molecule has 0 atom stereocenters. The maximum Gasteiger partial charge on any atom is 0.319 e. The SMILES string of the molecule is O=C(NCCCc1ccccc1)Nc1ccc(-c2noc(C3CCC3)n2)cc1. The summed E-state index contributed by atoms with van der Waals surface area (Å²) in [5, 5.41) is 9.80. The molecule has 2 amide bonds. The number of anilines is 1. The van der Waals surface area contributed by atoms with Gasteiger partial charge in [-0.15, -0.1) is 0 Å². The predicted molar refractivity (Wildman–Crippen MR) is 108 cm³/mol. The minimum Gasteiger partial charge on any atom is -0.339 e. The lowest BCUT2D eigenvalue weighted by Crippen LogP contribution is -2.29. The smallest absolute Gasteiger partial charge is 0.319 e. The van der Waals surface area contributed by atoms with Crippen molar-refractivity contribution in [1.29, 1.82) is 0 Å². The highest BCUT2D eigenvalue weighted by atomic mass is 16.5. The van der Waals surface area contributed by atoms with Crippen LogP contribution in [0, 0.1) is 0 Å². The monoisotopic (exact) mass is 376 g/mol. The van der Waals surface area contributed by atoms with Gasteiger partial charge in [-0.3, -0.25) is 0 Å². The van der Waals surface area contributed by atoms with E-state index in [0.29, 0.717) is 18.3 Å². The van der Waals surface area contributed by atoms with E-state index in [9.17, 15) is 4.79 Å². The largest absolute Gasteiger partial charge is 0.339 e. The quantitative estimate of drug-likeness (QED) is 0.583. The first-order valence-electron chi connectivity index (χ1n) is 9.81. The Kier molecular flexibility index (Phi) is 5.66. The summed E-state index contributed by atoms with van der Waals surface area (Å²) in [5.41, 5.74) is 2.89. The Morgan fingerprint density at radius 2 is 1.86 bits per heavy atom. The number of carbonyl (C=O) groups is 1. The molecular formula is C22H24N4O2. The zero-order valence-electron chi connectivity index (χ0n) is 15.7. The topological polar surface area (TPSA) is 80.0 Å². The molecular weight excluding hydrogens is 352 g/mol. The van der Waals surface area contributed by atoms with Gasteiger partial charge in [-0.05, 0) is 55.5 Å². The van der Waals surface area contributed by atoms with Gasteiger partial charge in [0.15, 0.2) is 0 Å². The van der Waals surface area contributed by atoms with E-state index in [0.717, 1.165) is 42.8 Å². The highest BCUT2D eigenvalue weighted by molar-refractivity contribution is 5.89. The predicted octanol–water partition coefficient (Wildman–Crippen LogP) is 4.76. The second-order valence-corrected chi connectivity index (χ2v) is 7.13. The molecule has 1 aliphatic rings. The highest BCUT2D eigenvalue weighted by Gasteiger charge is 2.25. The first kappa shape index (κ1) is 18.2. The third-order valence-electron chi connectivity index (χ3n) is 5.07. The van der Waals surface area contributed by atoms with E-state index >= 15 is 0 Å². The van der Waals surface area contributed by atoms with Crippen LogP contribution in [0.4, 0.5) is 10.5 Å². The molecule has 1 fully saturated rings. The third kappa shape index (κ3) is 4.57. The number of amides is 2. The van der Waals surface area contributed by atoms with Crippen LogP contribution in [0.1, 0.15) is 43.1 Å². The Morgan fingerprint density at radius 3 is 2.57 bits per heavy atom. The van der Waals surface area contributed by atoms with Crippen LogP contribution in [0.5, 0.6) is 0 Å². The average molecular weight is 376 g/mol. The number of aryl methyl sites for hydroxylation is 1. The van der Waals surface area contributed by atoms with Crippen molar-refractivity contribution in [3.63, 3.8) is 0 Å². The summed E-state index contributed by atoms with van der Waals surface area (Å²) < 4.78 is 5.36. The molecule has 1 aliphatic carbocycles.